The number of aliphatic hydroxyl groups excluding tert-OH is 1. The summed E-state index contributed by atoms with van der Waals surface area (Å²) in [5.74, 6) is 0. The highest BCUT2D eigenvalue weighted by Crippen LogP contribution is 2.14. The predicted octanol–water partition coefficient (Wildman–Crippen LogP) is 2.82. The van der Waals surface area contributed by atoms with Crippen molar-refractivity contribution in [2.24, 2.45) is 0 Å². The summed E-state index contributed by atoms with van der Waals surface area (Å²) in [4.78, 5) is 5.58. The van der Waals surface area contributed by atoms with E-state index in [-0.39, 0.29) is 19.1 Å². The summed E-state index contributed by atoms with van der Waals surface area (Å²) < 4.78 is 0.342. The van der Waals surface area contributed by atoms with Crippen LogP contribution in [0.25, 0.3) is 0 Å². The average Bonchev–Trinajstić information content (AvgIpc) is 2.55. The maximum Gasteiger partial charge on any atom is 0.210 e. The van der Waals surface area contributed by atoms with Gasteiger partial charge >= 0.3 is 0 Å². The van der Waals surface area contributed by atoms with E-state index in [1.165, 1.54) is 83.5 Å². The van der Waals surface area contributed by atoms with E-state index in [4.69, 9.17) is 4.84 Å². The van der Waals surface area contributed by atoms with Crippen LogP contribution in [0.4, 0.5) is 0 Å². The average molecular weight is 366 g/mol. The number of quaternary nitrogens is 1. The molecule has 24 heavy (non-hydrogen) atoms. The van der Waals surface area contributed by atoms with E-state index in [9.17, 15) is 5.11 Å². The van der Waals surface area contributed by atoms with Crippen LogP contribution in [0, 0.1) is 0 Å². The van der Waals surface area contributed by atoms with Gasteiger partial charge in [-0.15, -0.1) is 0 Å². The molecule has 0 saturated carbocycles. The standard InChI is InChI=1S/C20H44NO2.ClH/c1-4-6-7-8-9-10-11-12-13-14-15-16-17-18-19-21(3,20-22)23-5-2;/h22H,4-20H2,1-3H3;1H/q+1;/p-1. The second kappa shape index (κ2) is 19.5. The molecular weight excluding hydrogens is 322 g/mol. The minimum Gasteiger partial charge on any atom is -1.00 e. The third-order valence-electron chi connectivity index (χ3n) is 4.72. The van der Waals surface area contributed by atoms with E-state index in [1.807, 2.05) is 14.0 Å². The van der Waals surface area contributed by atoms with Gasteiger partial charge in [0.1, 0.15) is 20.2 Å². The molecule has 0 saturated heterocycles. The Bertz CT molecular complexity index is 242. The van der Waals surface area contributed by atoms with Crippen molar-refractivity contribution >= 4 is 0 Å². The molecule has 4 heteroatoms. The van der Waals surface area contributed by atoms with E-state index in [1.54, 1.807) is 0 Å². The Labute approximate surface area is 158 Å². The molecule has 0 aromatic heterocycles. The van der Waals surface area contributed by atoms with Gasteiger partial charge in [0.2, 0.25) is 6.73 Å². The van der Waals surface area contributed by atoms with E-state index in [2.05, 4.69) is 6.92 Å². The van der Waals surface area contributed by atoms with E-state index in [0.29, 0.717) is 11.3 Å². The number of hydrogen-bond acceptors (Lipinski definition) is 2. The number of hydrogen-bond donors (Lipinski definition) is 1. The molecule has 0 aliphatic heterocycles. The maximum absolute atomic E-state index is 9.37. The monoisotopic (exact) mass is 365 g/mol. The van der Waals surface area contributed by atoms with Crippen LogP contribution in [0.3, 0.4) is 0 Å². The van der Waals surface area contributed by atoms with Crippen molar-refractivity contribution in [3.63, 3.8) is 0 Å². The molecule has 1 atom stereocenters. The van der Waals surface area contributed by atoms with Crippen molar-refractivity contribution in [2.45, 2.75) is 104 Å². The van der Waals surface area contributed by atoms with Crippen molar-refractivity contribution in [1.82, 2.24) is 0 Å². The van der Waals surface area contributed by atoms with E-state index < -0.39 is 0 Å². The Kier molecular flexibility index (Phi) is 21.4. The quantitative estimate of drug-likeness (QED) is 0.175. The van der Waals surface area contributed by atoms with Crippen LogP contribution in [0.5, 0.6) is 0 Å². The minimum atomic E-state index is 0. The van der Waals surface area contributed by atoms with Crippen LogP contribution in [-0.2, 0) is 4.84 Å². The number of hydroxylamine groups is 3. The molecule has 0 amide bonds. The van der Waals surface area contributed by atoms with Crippen LogP contribution in [0.1, 0.15) is 104 Å². The van der Waals surface area contributed by atoms with Gasteiger partial charge in [0.25, 0.3) is 0 Å². The first-order chi connectivity index (χ1) is 11.2. The molecule has 0 fully saturated rings. The van der Waals surface area contributed by atoms with Crippen LogP contribution >= 0.6 is 0 Å². The lowest BCUT2D eigenvalue weighted by Gasteiger charge is -2.28. The van der Waals surface area contributed by atoms with Crippen LogP contribution in [-0.4, -0.2) is 36.7 Å². The second-order valence-electron chi connectivity index (χ2n) is 7.18. The SMILES string of the molecule is CCCCCCCCCCCCCCCC[N+](C)(CO)OCC.[Cl-]. The highest BCUT2D eigenvalue weighted by atomic mass is 35.5. The zero-order chi connectivity index (χ0) is 17.2. The first-order valence-electron chi connectivity index (χ1n) is 10.3. The number of nitrogens with zero attached hydrogens (tertiary/aromatic N) is 1. The summed E-state index contributed by atoms with van der Waals surface area (Å²) in [5.41, 5.74) is 0. The molecule has 0 aliphatic rings. The Morgan fingerprint density at radius 3 is 1.38 bits per heavy atom. The third-order valence-corrected chi connectivity index (χ3v) is 4.72. The van der Waals surface area contributed by atoms with Crippen molar-refractivity contribution in [3.8, 4) is 0 Å². The Hall–Kier alpha value is 0.170. The molecule has 0 aromatic rings. The lowest BCUT2D eigenvalue weighted by molar-refractivity contribution is -1.10. The van der Waals surface area contributed by atoms with Gasteiger partial charge in [0.05, 0.1) is 0 Å². The summed E-state index contributed by atoms with van der Waals surface area (Å²) in [5, 5.41) is 9.37. The van der Waals surface area contributed by atoms with Gasteiger partial charge in [-0.1, -0.05) is 84.0 Å². The van der Waals surface area contributed by atoms with Crippen molar-refractivity contribution in [2.75, 3.05) is 26.9 Å². The molecule has 148 valence electrons. The highest BCUT2D eigenvalue weighted by Gasteiger charge is 2.20. The zero-order valence-electron chi connectivity index (χ0n) is 16.7. The number of aliphatic hydroxyl groups is 1. The normalized spacial score (nSPS) is 13.5. The largest absolute Gasteiger partial charge is 1.00 e. The van der Waals surface area contributed by atoms with Gasteiger partial charge in [-0.25, -0.2) is 4.84 Å². The summed E-state index contributed by atoms with van der Waals surface area (Å²) in [6, 6.07) is 0. The molecular formula is C20H44ClNO2. The second-order valence-corrected chi connectivity index (χ2v) is 7.18. The molecule has 1 unspecified atom stereocenters. The molecule has 1 N–H and O–H groups in total. The van der Waals surface area contributed by atoms with Gasteiger partial charge in [0, 0.05) is 0 Å². The van der Waals surface area contributed by atoms with Crippen LogP contribution in [0.2, 0.25) is 0 Å². The van der Waals surface area contributed by atoms with Crippen molar-refractivity contribution < 1.29 is 27.0 Å². The molecule has 0 aromatic carbocycles. The van der Waals surface area contributed by atoms with Crippen molar-refractivity contribution in [3.05, 3.63) is 0 Å². The fraction of sp³-hybridized carbons (Fsp3) is 1.00. The topological polar surface area (TPSA) is 29.5 Å². The number of halogens is 1. The molecule has 0 spiro atoms. The molecule has 0 bridgehead atoms. The van der Waals surface area contributed by atoms with Crippen molar-refractivity contribution in [1.29, 1.82) is 0 Å². The number of unbranched alkanes of at least 4 members (excludes halogenated alkanes) is 13. The van der Waals surface area contributed by atoms with E-state index in [0.717, 1.165) is 13.0 Å². The predicted molar refractivity (Wildman–Crippen MR) is 100 cm³/mol. The van der Waals surface area contributed by atoms with Crippen LogP contribution < -0.4 is 12.4 Å². The fourth-order valence-electron chi connectivity index (χ4n) is 3.13. The smallest absolute Gasteiger partial charge is 0.210 e. The molecule has 3 nitrogen and oxygen atoms in total. The number of rotatable bonds is 18. The van der Waals surface area contributed by atoms with Gasteiger partial charge in [-0.3, -0.25) is 0 Å². The van der Waals surface area contributed by atoms with Gasteiger partial charge in [-0.05, 0) is 19.8 Å². The minimum absolute atomic E-state index is 0. The lowest BCUT2D eigenvalue weighted by Crippen LogP contribution is -3.00. The van der Waals surface area contributed by atoms with Crippen LogP contribution in [0.15, 0.2) is 0 Å². The summed E-state index contributed by atoms with van der Waals surface area (Å²) >= 11 is 0. The molecule has 0 rings (SSSR count). The first kappa shape index (κ1) is 26.4. The Morgan fingerprint density at radius 2 is 1.04 bits per heavy atom. The fourth-order valence-corrected chi connectivity index (χ4v) is 3.13. The Morgan fingerprint density at radius 1 is 0.667 bits per heavy atom. The third kappa shape index (κ3) is 17.0. The zero-order valence-corrected chi connectivity index (χ0v) is 17.5. The molecule has 0 heterocycles. The summed E-state index contributed by atoms with van der Waals surface area (Å²) in [6.07, 6.45) is 19.3. The van der Waals surface area contributed by atoms with E-state index >= 15 is 0 Å². The van der Waals surface area contributed by atoms with Gasteiger partial charge < -0.3 is 17.5 Å². The maximum atomic E-state index is 9.37. The van der Waals surface area contributed by atoms with Gasteiger partial charge in [-0.2, -0.15) is 4.65 Å². The Balaban J connectivity index is 0. The summed E-state index contributed by atoms with van der Waals surface area (Å²) in [7, 11) is 1.96. The molecule has 0 aliphatic carbocycles. The highest BCUT2D eigenvalue weighted by molar-refractivity contribution is 4.49. The molecule has 0 radical (unpaired) electrons. The summed E-state index contributed by atoms with van der Waals surface area (Å²) in [6.45, 7) is 5.92. The lowest BCUT2D eigenvalue weighted by atomic mass is 10.0. The first-order valence-corrected chi connectivity index (χ1v) is 10.3. The van der Waals surface area contributed by atoms with Gasteiger partial charge in [0.15, 0.2) is 0 Å².